The number of carbonyl (C=O) groups is 1. The first-order chi connectivity index (χ1) is 13.0. The van der Waals surface area contributed by atoms with Gasteiger partial charge in [0.15, 0.2) is 0 Å². The maximum Gasteiger partial charge on any atom is 0.220 e. The van der Waals surface area contributed by atoms with Crippen LogP contribution in [0.5, 0.6) is 0 Å². The van der Waals surface area contributed by atoms with E-state index in [2.05, 4.69) is 20.3 Å². The van der Waals surface area contributed by atoms with Gasteiger partial charge in [0.1, 0.15) is 17.5 Å². The first-order valence-electron chi connectivity index (χ1n) is 9.60. The average Bonchev–Trinajstić information content (AvgIpc) is 2.96. The zero-order valence-corrected chi connectivity index (χ0v) is 16.1. The Balaban J connectivity index is 1.42. The van der Waals surface area contributed by atoms with Gasteiger partial charge in [-0.05, 0) is 44.7 Å². The van der Waals surface area contributed by atoms with Crippen molar-refractivity contribution >= 4 is 5.91 Å². The molecule has 0 unspecified atom stereocenters. The highest BCUT2D eigenvalue weighted by Crippen LogP contribution is 2.22. The molecule has 1 aromatic carbocycles. The zero-order chi connectivity index (χ0) is 19.2. The Labute approximate surface area is 159 Å². The third-order valence-electron chi connectivity index (χ3n) is 5.14. The topological polar surface area (TPSA) is 63.1 Å². The number of carbonyl (C=O) groups excluding carboxylic acids is 1. The Morgan fingerprint density at radius 1 is 1.37 bits per heavy atom. The monoisotopic (exact) mass is 373 g/mol. The van der Waals surface area contributed by atoms with Gasteiger partial charge in [0.2, 0.25) is 5.91 Å². The van der Waals surface area contributed by atoms with E-state index in [1.54, 1.807) is 18.2 Å². The van der Waals surface area contributed by atoms with Crippen LogP contribution in [0.15, 0.2) is 24.3 Å². The summed E-state index contributed by atoms with van der Waals surface area (Å²) in [5.41, 5.74) is 0.522. The van der Waals surface area contributed by atoms with Gasteiger partial charge in [0.05, 0.1) is 6.54 Å². The first kappa shape index (κ1) is 19.5. The molecule has 1 N–H and O–H groups in total. The molecule has 0 radical (unpaired) electrons. The fourth-order valence-corrected chi connectivity index (χ4v) is 3.68. The fraction of sp³-hybridized carbons (Fsp3) is 0.550. The van der Waals surface area contributed by atoms with Gasteiger partial charge in [-0.1, -0.05) is 18.2 Å². The van der Waals surface area contributed by atoms with Gasteiger partial charge in [0.25, 0.3) is 0 Å². The lowest BCUT2D eigenvalue weighted by Gasteiger charge is -2.32. The lowest BCUT2D eigenvalue weighted by atomic mass is 9.93. The van der Waals surface area contributed by atoms with Gasteiger partial charge < -0.3 is 5.32 Å². The molecule has 1 saturated heterocycles. The highest BCUT2D eigenvalue weighted by atomic mass is 19.1. The second-order valence-electron chi connectivity index (χ2n) is 7.35. The summed E-state index contributed by atoms with van der Waals surface area (Å²) in [4.78, 5) is 19.0. The lowest BCUT2D eigenvalue weighted by molar-refractivity contribution is -0.121. The first-order valence-corrected chi connectivity index (χ1v) is 9.60. The molecule has 27 heavy (non-hydrogen) atoms. The van der Waals surface area contributed by atoms with Crippen LogP contribution in [0.4, 0.5) is 4.39 Å². The quantitative estimate of drug-likeness (QED) is 0.810. The van der Waals surface area contributed by atoms with Crippen LogP contribution in [0.2, 0.25) is 0 Å². The minimum atomic E-state index is -0.278. The van der Waals surface area contributed by atoms with Gasteiger partial charge in [0, 0.05) is 32.1 Å². The Bertz CT molecular complexity index is 775. The summed E-state index contributed by atoms with van der Waals surface area (Å²) >= 11 is 0. The van der Waals surface area contributed by atoms with Gasteiger partial charge >= 0.3 is 0 Å². The molecule has 146 valence electrons. The minimum Gasteiger partial charge on any atom is -0.352 e. The second kappa shape index (κ2) is 9.08. The molecule has 7 heteroatoms. The van der Waals surface area contributed by atoms with Crippen LogP contribution < -0.4 is 5.32 Å². The molecule has 0 saturated carbocycles. The van der Waals surface area contributed by atoms with Crippen LogP contribution in [-0.4, -0.2) is 38.7 Å². The average molecular weight is 373 g/mol. The molecule has 1 fully saturated rings. The van der Waals surface area contributed by atoms with Crippen LogP contribution in [0.3, 0.4) is 0 Å². The van der Waals surface area contributed by atoms with Crippen molar-refractivity contribution in [3.05, 3.63) is 47.3 Å². The maximum atomic E-state index is 13.6. The van der Waals surface area contributed by atoms with E-state index in [4.69, 9.17) is 0 Å². The maximum absolute atomic E-state index is 13.6. The van der Waals surface area contributed by atoms with Crippen LogP contribution in [0.25, 0.3) is 0 Å². The van der Waals surface area contributed by atoms with Crippen LogP contribution in [0.1, 0.15) is 42.9 Å². The predicted octanol–water partition coefficient (Wildman–Crippen LogP) is 2.57. The van der Waals surface area contributed by atoms with Crippen molar-refractivity contribution in [3.8, 4) is 0 Å². The van der Waals surface area contributed by atoms with E-state index in [-0.39, 0.29) is 18.3 Å². The molecule has 2 heterocycles. The van der Waals surface area contributed by atoms with E-state index in [9.17, 15) is 9.18 Å². The summed E-state index contributed by atoms with van der Waals surface area (Å²) in [5.74, 6) is 2.00. The highest BCUT2D eigenvalue weighted by Gasteiger charge is 2.22. The molecule has 3 rings (SSSR count). The van der Waals surface area contributed by atoms with E-state index in [0.717, 1.165) is 50.5 Å². The van der Waals surface area contributed by atoms with Gasteiger partial charge in [-0.15, -0.1) is 0 Å². The Morgan fingerprint density at radius 3 is 2.93 bits per heavy atom. The largest absolute Gasteiger partial charge is 0.352 e. The standard InChI is InChI=1S/C20H28FN5O/c1-15-23-19(25(2)24-15)14-26-11-5-6-16(13-26)9-10-20(27)22-12-17-7-3-4-8-18(17)21/h3-4,7-8,16H,5-6,9-14H2,1-2H3,(H,22,27)/t16-/m0/s1. The van der Waals surface area contributed by atoms with Crippen LogP contribution >= 0.6 is 0 Å². The molecule has 1 amide bonds. The third kappa shape index (κ3) is 5.60. The molecule has 1 aromatic heterocycles. The molecular formula is C20H28FN5O. The number of halogens is 1. The van der Waals surface area contributed by atoms with E-state index in [0.29, 0.717) is 17.9 Å². The highest BCUT2D eigenvalue weighted by molar-refractivity contribution is 5.75. The van der Waals surface area contributed by atoms with E-state index in [1.165, 1.54) is 6.07 Å². The third-order valence-corrected chi connectivity index (χ3v) is 5.14. The number of nitrogens with zero attached hydrogens (tertiary/aromatic N) is 4. The smallest absolute Gasteiger partial charge is 0.220 e. The number of rotatable bonds is 7. The number of hydrogen-bond donors (Lipinski definition) is 1. The number of aromatic nitrogens is 3. The lowest BCUT2D eigenvalue weighted by Crippen LogP contribution is -2.36. The summed E-state index contributed by atoms with van der Waals surface area (Å²) in [6, 6.07) is 6.54. The van der Waals surface area contributed by atoms with Gasteiger partial charge in [-0.2, -0.15) is 5.10 Å². The number of amides is 1. The number of benzene rings is 1. The Kier molecular flexibility index (Phi) is 6.55. The van der Waals surface area contributed by atoms with Gasteiger partial charge in [-0.25, -0.2) is 9.37 Å². The molecule has 6 nitrogen and oxygen atoms in total. The summed E-state index contributed by atoms with van der Waals surface area (Å²) in [6.45, 7) is 4.98. The predicted molar refractivity (Wildman–Crippen MR) is 101 cm³/mol. The number of likely N-dealkylation sites (tertiary alicyclic amines) is 1. The Morgan fingerprint density at radius 2 is 2.19 bits per heavy atom. The van der Waals surface area contributed by atoms with E-state index < -0.39 is 0 Å². The summed E-state index contributed by atoms with van der Waals surface area (Å²) in [5, 5.41) is 7.13. The number of aryl methyl sites for hydroxylation is 2. The molecule has 1 atom stereocenters. The van der Waals surface area contributed by atoms with Crippen molar-refractivity contribution in [2.45, 2.75) is 45.7 Å². The van der Waals surface area contributed by atoms with Crippen molar-refractivity contribution < 1.29 is 9.18 Å². The zero-order valence-electron chi connectivity index (χ0n) is 16.1. The van der Waals surface area contributed by atoms with E-state index in [1.807, 2.05) is 18.7 Å². The molecule has 2 aromatic rings. The molecule has 1 aliphatic rings. The van der Waals surface area contributed by atoms with Crippen molar-refractivity contribution in [2.24, 2.45) is 13.0 Å². The van der Waals surface area contributed by atoms with Crippen molar-refractivity contribution in [3.63, 3.8) is 0 Å². The second-order valence-corrected chi connectivity index (χ2v) is 7.35. The summed E-state index contributed by atoms with van der Waals surface area (Å²) in [6.07, 6.45) is 3.63. The molecule has 0 spiro atoms. The SMILES string of the molecule is Cc1nc(CN2CCC[C@@H](CCC(=O)NCc3ccccc3F)C2)n(C)n1. The minimum absolute atomic E-state index is 0.0145. The number of piperidine rings is 1. The van der Waals surface area contributed by atoms with Crippen LogP contribution in [0, 0.1) is 18.7 Å². The van der Waals surface area contributed by atoms with Crippen molar-refractivity contribution in [2.75, 3.05) is 13.1 Å². The van der Waals surface area contributed by atoms with Gasteiger partial charge in [-0.3, -0.25) is 14.4 Å². The summed E-state index contributed by atoms with van der Waals surface area (Å²) in [7, 11) is 1.93. The summed E-state index contributed by atoms with van der Waals surface area (Å²) < 4.78 is 15.4. The number of nitrogens with one attached hydrogen (secondary N) is 1. The normalized spacial score (nSPS) is 17.8. The number of hydrogen-bond acceptors (Lipinski definition) is 4. The van der Waals surface area contributed by atoms with E-state index >= 15 is 0 Å². The molecule has 1 aliphatic heterocycles. The molecular weight excluding hydrogens is 345 g/mol. The van der Waals surface area contributed by atoms with Crippen molar-refractivity contribution in [1.29, 1.82) is 0 Å². The molecule has 0 aliphatic carbocycles. The van der Waals surface area contributed by atoms with Crippen LogP contribution in [-0.2, 0) is 24.9 Å². The fourth-order valence-electron chi connectivity index (χ4n) is 3.68. The van der Waals surface area contributed by atoms with Crippen molar-refractivity contribution in [1.82, 2.24) is 25.0 Å². The Hall–Kier alpha value is -2.28. The molecule has 0 bridgehead atoms.